The molecule has 0 saturated carbocycles. The number of para-hydroxylation sites is 1. The van der Waals surface area contributed by atoms with Gasteiger partial charge in [-0.3, -0.25) is 10.1 Å². The molecule has 3 aromatic carbocycles. The first-order valence-electron chi connectivity index (χ1n) is 7.50. The number of nitro benzene ring substituents is 1. The molecule has 3 rings (SSSR count). The first kappa shape index (κ1) is 20.9. The van der Waals surface area contributed by atoms with Crippen LogP contribution in [0.2, 0.25) is 0 Å². The van der Waals surface area contributed by atoms with Crippen LogP contribution in [0.15, 0.2) is 87.5 Å². The van der Waals surface area contributed by atoms with Gasteiger partial charge >= 0.3 is 0 Å². The molecule has 0 aliphatic carbocycles. The van der Waals surface area contributed by atoms with E-state index in [0.29, 0.717) is 15.4 Å². The minimum Gasteiger partial charge on any atom is -0.258 e. The molecule has 0 spiro atoms. The van der Waals surface area contributed by atoms with Gasteiger partial charge in [-0.2, -0.15) is 0 Å². The van der Waals surface area contributed by atoms with Gasteiger partial charge in [0.25, 0.3) is 5.69 Å². The van der Waals surface area contributed by atoms with Gasteiger partial charge in [-0.25, -0.2) is 13.6 Å². The van der Waals surface area contributed by atoms with Crippen LogP contribution in [0.4, 0.5) is 5.69 Å². The molecule has 0 bridgehead atoms. The third kappa shape index (κ3) is 4.67. The molecule has 0 amide bonds. The fourth-order valence-electron chi connectivity index (χ4n) is 2.49. The molecule has 0 unspecified atom stereocenters. The highest BCUT2D eigenvalue weighted by Gasteiger charge is 2.22. The topological polar surface area (TPSA) is 103 Å². The monoisotopic (exact) mass is 422 g/mol. The lowest BCUT2D eigenvalue weighted by Crippen LogP contribution is -2.13. The van der Waals surface area contributed by atoms with E-state index in [1.165, 1.54) is 12.1 Å². The van der Waals surface area contributed by atoms with E-state index >= 15 is 0 Å². The van der Waals surface area contributed by atoms with Crippen molar-refractivity contribution in [2.45, 2.75) is 14.7 Å². The Balaban J connectivity index is 0.00000261. The molecule has 0 aromatic heterocycles. The van der Waals surface area contributed by atoms with Crippen molar-refractivity contribution in [3.05, 3.63) is 82.9 Å². The summed E-state index contributed by atoms with van der Waals surface area (Å²) in [7, 11) is -4.01. The highest BCUT2D eigenvalue weighted by Crippen LogP contribution is 2.42. The third-order valence-corrected chi connectivity index (χ3v) is 5.94. The van der Waals surface area contributed by atoms with Crippen molar-refractivity contribution < 1.29 is 13.3 Å². The zero-order chi connectivity index (χ0) is 18.7. The Morgan fingerprint density at radius 3 is 2.15 bits per heavy atom. The fourth-order valence-corrected chi connectivity index (χ4v) is 4.68. The maximum Gasteiger partial charge on any atom is 0.283 e. The van der Waals surface area contributed by atoms with Crippen LogP contribution >= 0.6 is 24.2 Å². The van der Waals surface area contributed by atoms with Crippen LogP contribution in [0, 0.1) is 10.1 Å². The maximum atomic E-state index is 12.1. The summed E-state index contributed by atoms with van der Waals surface area (Å²) in [5.74, 6) is 0. The van der Waals surface area contributed by atoms with Crippen LogP contribution in [0.3, 0.4) is 0 Å². The number of nitrogens with two attached hydrogens (primary N) is 1. The normalized spacial score (nSPS) is 10.9. The van der Waals surface area contributed by atoms with E-state index in [-0.39, 0.29) is 23.0 Å². The Labute approximate surface area is 167 Å². The van der Waals surface area contributed by atoms with E-state index in [1.54, 1.807) is 30.3 Å². The lowest BCUT2D eigenvalue weighted by atomic mass is 10.1. The van der Waals surface area contributed by atoms with Crippen LogP contribution in [-0.2, 0) is 10.0 Å². The van der Waals surface area contributed by atoms with Crippen LogP contribution in [0.5, 0.6) is 0 Å². The number of halogens is 1. The Kier molecular flexibility index (Phi) is 6.61. The number of hydrogen-bond donors (Lipinski definition) is 1. The number of primary sulfonamides is 1. The molecular formula is C18H15ClN2O4S2. The first-order chi connectivity index (χ1) is 12.4. The van der Waals surface area contributed by atoms with E-state index in [4.69, 9.17) is 5.14 Å². The van der Waals surface area contributed by atoms with Gasteiger partial charge in [0.05, 0.1) is 14.7 Å². The van der Waals surface area contributed by atoms with Gasteiger partial charge in [-0.05, 0) is 23.3 Å². The van der Waals surface area contributed by atoms with Crippen LogP contribution < -0.4 is 5.14 Å². The van der Waals surface area contributed by atoms with Gasteiger partial charge in [0.2, 0.25) is 10.0 Å². The minimum absolute atomic E-state index is 0. The highest BCUT2D eigenvalue weighted by atomic mass is 35.5. The standard InChI is InChI=1S/C18H14N2O4S2.ClH/c19-26(23,24)17-12-6-9-14(13-7-2-1-3-8-13)18(17)25-16-11-5-4-10-15(16)20(21)22;/h1-12H,(H2,19,23,24);1H. The van der Waals surface area contributed by atoms with Crippen molar-refractivity contribution in [2.75, 3.05) is 0 Å². The average Bonchev–Trinajstić information content (AvgIpc) is 2.62. The average molecular weight is 423 g/mol. The smallest absolute Gasteiger partial charge is 0.258 e. The Morgan fingerprint density at radius 2 is 1.52 bits per heavy atom. The Hall–Kier alpha value is -2.39. The summed E-state index contributed by atoms with van der Waals surface area (Å²) in [5, 5.41) is 16.7. The maximum absolute atomic E-state index is 12.1. The van der Waals surface area contributed by atoms with Crippen LogP contribution in [0.25, 0.3) is 11.1 Å². The highest BCUT2D eigenvalue weighted by molar-refractivity contribution is 8.00. The predicted molar refractivity (Wildman–Crippen MR) is 108 cm³/mol. The molecule has 0 aliphatic heterocycles. The van der Waals surface area contributed by atoms with Gasteiger partial charge in [0.1, 0.15) is 0 Å². The molecule has 140 valence electrons. The molecule has 27 heavy (non-hydrogen) atoms. The van der Waals surface area contributed by atoms with E-state index in [0.717, 1.165) is 17.3 Å². The minimum atomic E-state index is -4.01. The number of rotatable bonds is 5. The molecule has 0 heterocycles. The van der Waals surface area contributed by atoms with Gasteiger partial charge < -0.3 is 0 Å². The molecule has 0 radical (unpaired) electrons. The Bertz CT molecular complexity index is 1070. The second-order valence-electron chi connectivity index (χ2n) is 5.37. The predicted octanol–water partition coefficient (Wildman–Crippen LogP) is 4.48. The molecule has 0 fully saturated rings. The largest absolute Gasteiger partial charge is 0.283 e. The van der Waals surface area contributed by atoms with Crippen molar-refractivity contribution >= 4 is 39.9 Å². The summed E-state index contributed by atoms with van der Waals surface area (Å²) < 4.78 is 24.2. The summed E-state index contributed by atoms with van der Waals surface area (Å²) in [6.07, 6.45) is 0. The van der Waals surface area contributed by atoms with Crippen molar-refractivity contribution in [1.82, 2.24) is 0 Å². The van der Waals surface area contributed by atoms with Gasteiger partial charge in [0.15, 0.2) is 0 Å². The molecule has 6 nitrogen and oxygen atoms in total. The van der Waals surface area contributed by atoms with E-state index < -0.39 is 14.9 Å². The van der Waals surface area contributed by atoms with Crippen molar-refractivity contribution in [1.29, 1.82) is 0 Å². The lowest BCUT2D eigenvalue weighted by Gasteiger charge is -2.13. The molecule has 9 heteroatoms. The number of benzene rings is 3. The van der Waals surface area contributed by atoms with Gasteiger partial charge in [0, 0.05) is 11.0 Å². The molecule has 3 aromatic rings. The van der Waals surface area contributed by atoms with Gasteiger partial charge in [-0.1, -0.05) is 66.4 Å². The summed E-state index contributed by atoms with van der Waals surface area (Å²) >= 11 is 1.02. The summed E-state index contributed by atoms with van der Waals surface area (Å²) in [4.78, 5) is 11.4. The summed E-state index contributed by atoms with van der Waals surface area (Å²) in [6, 6.07) is 20.1. The van der Waals surface area contributed by atoms with E-state index in [9.17, 15) is 18.5 Å². The zero-order valence-corrected chi connectivity index (χ0v) is 16.3. The first-order valence-corrected chi connectivity index (χ1v) is 9.87. The third-order valence-electron chi connectivity index (χ3n) is 3.64. The SMILES string of the molecule is Cl.NS(=O)(=O)c1cccc(-c2ccccc2)c1Sc1ccccc1[N+](=O)[O-]. The molecule has 2 N–H and O–H groups in total. The van der Waals surface area contributed by atoms with Crippen LogP contribution in [-0.4, -0.2) is 13.3 Å². The number of hydrogen-bond acceptors (Lipinski definition) is 5. The fraction of sp³-hybridized carbons (Fsp3) is 0. The number of nitro groups is 1. The second kappa shape index (κ2) is 8.53. The van der Waals surface area contributed by atoms with Crippen molar-refractivity contribution in [2.24, 2.45) is 5.14 Å². The summed E-state index contributed by atoms with van der Waals surface area (Å²) in [5.41, 5.74) is 1.33. The summed E-state index contributed by atoms with van der Waals surface area (Å²) in [6.45, 7) is 0. The Morgan fingerprint density at radius 1 is 0.889 bits per heavy atom. The quantitative estimate of drug-likeness (QED) is 0.482. The zero-order valence-electron chi connectivity index (χ0n) is 13.8. The molecular weight excluding hydrogens is 408 g/mol. The van der Waals surface area contributed by atoms with E-state index in [1.807, 2.05) is 30.3 Å². The molecule has 0 atom stereocenters. The van der Waals surface area contributed by atoms with E-state index in [2.05, 4.69) is 0 Å². The van der Waals surface area contributed by atoms with Crippen LogP contribution in [0.1, 0.15) is 0 Å². The van der Waals surface area contributed by atoms with Crippen molar-refractivity contribution in [3.8, 4) is 11.1 Å². The number of nitrogens with zero attached hydrogens (tertiary/aromatic N) is 1. The lowest BCUT2D eigenvalue weighted by molar-refractivity contribution is -0.387. The number of sulfonamides is 1. The van der Waals surface area contributed by atoms with Gasteiger partial charge in [-0.15, -0.1) is 12.4 Å². The second-order valence-corrected chi connectivity index (χ2v) is 7.95. The molecule has 0 aliphatic rings. The molecule has 0 saturated heterocycles. The van der Waals surface area contributed by atoms with Crippen molar-refractivity contribution in [3.63, 3.8) is 0 Å².